The molecule has 6 atom stereocenters. The molecule has 0 bridgehead atoms. The third-order valence-corrected chi connectivity index (χ3v) is 13.5. The maximum absolute atomic E-state index is 13.1. The number of fused-ring (bicyclic) bond motifs is 1. The smallest absolute Gasteiger partial charge is 0.227 e. The monoisotopic (exact) mass is 635 g/mol. The summed E-state index contributed by atoms with van der Waals surface area (Å²) in [6, 6.07) is 41.1. The van der Waals surface area contributed by atoms with Crippen molar-refractivity contribution in [2.24, 2.45) is 0 Å². The third-order valence-electron chi connectivity index (χ3n) is 9.56. The molecule has 0 aromatic heterocycles. The number of hydrogen-bond donors (Lipinski definition) is 1. The summed E-state index contributed by atoms with van der Waals surface area (Å²) in [4.78, 5) is 13.1. The molecule has 46 heavy (non-hydrogen) atoms. The van der Waals surface area contributed by atoms with Crippen LogP contribution >= 0.6 is 0 Å². The largest absolute Gasteiger partial charge is 0.358 e. The van der Waals surface area contributed by atoms with Gasteiger partial charge >= 0.3 is 0 Å². The lowest BCUT2D eigenvalue weighted by Crippen LogP contribution is -2.68. The van der Waals surface area contributed by atoms with Gasteiger partial charge in [0, 0.05) is 0 Å². The van der Waals surface area contributed by atoms with E-state index in [0.717, 1.165) is 16.7 Å². The summed E-state index contributed by atoms with van der Waals surface area (Å²) < 4.78 is 33.1. The lowest BCUT2D eigenvalue weighted by molar-refractivity contribution is -0.233. The van der Waals surface area contributed by atoms with Gasteiger partial charge in [-0.2, -0.15) is 0 Å². The molecule has 4 aromatic rings. The van der Waals surface area contributed by atoms with Crippen molar-refractivity contribution < 1.29 is 28.5 Å². The van der Waals surface area contributed by atoms with Gasteiger partial charge in [-0.1, -0.05) is 140 Å². The van der Waals surface area contributed by atoms with Crippen LogP contribution in [0.25, 0.3) is 0 Å². The summed E-state index contributed by atoms with van der Waals surface area (Å²) in [5, 5.41) is 4.26. The minimum atomic E-state index is -2.24. The average molecular weight is 636 g/mol. The van der Waals surface area contributed by atoms with E-state index in [-0.39, 0.29) is 18.1 Å². The van der Waals surface area contributed by atoms with Crippen molar-refractivity contribution in [2.75, 3.05) is 6.61 Å². The summed E-state index contributed by atoms with van der Waals surface area (Å²) in [7, 11) is -2.24. The number of hydrogen-bond acceptors (Lipinski definition) is 6. The molecule has 0 unspecified atom stereocenters. The number of benzene rings is 4. The lowest BCUT2D eigenvalue weighted by atomic mass is 9.80. The number of carbonyl (C=O) groups is 1. The van der Waals surface area contributed by atoms with Crippen molar-refractivity contribution in [2.45, 2.75) is 74.7 Å². The highest BCUT2D eigenvalue weighted by Gasteiger charge is 2.59. The highest BCUT2D eigenvalue weighted by molar-refractivity contribution is 6.93. The van der Waals surface area contributed by atoms with Gasteiger partial charge in [0.15, 0.2) is 12.1 Å². The first-order chi connectivity index (χ1) is 22.2. The Morgan fingerprint density at radius 3 is 1.76 bits per heavy atom. The molecule has 0 radical (unpaired) electrons. The second-order valence-corrected chi connectivity index (χ2v) is 18.0. The van der Waals surface area contributed by atoms with E-state index in [1.54, 1.807) is 0 Å². The molecule has 0 spiro atoms. The second-order valence-electron chi connectivity index (χ2n) is 13.3. The van der Waals surface area contributed by atoms with Crippen molar-refractivity contribution in [3.8, 4) is 0 Å². The normalized spacial score (nSPS) is 27.1. The predicted molar refractivity (Wildman–Crippen MR) is 178 cm³/mol. The molecule has 3 saturated heterocycles. The van der Waals surface area contributed by atoms with Crippen molar-refractivity contribution in [1.29, 1.82) is 0 Å². The van der Waals surface area contributed by atoms with Gasteiger partial charge in [-0.25, -0.2) is 0 Å². The molecular weight excluding hydrogens is 595 g/mol. The number of ether oxygens (including phenoxy) is 5. The Morgan fingerprint density at radius 1 is 0.761 bits per heavy atom. The Kier molecular flexibility index (Phi) is 8.21. The van der Waals surface area contributed by atoms with Crippen LogP contribution in [0.1, 0.15) is 30.5 Å². The zero-order chi connectivity index (χ0) is 31.9. The van der Waals surface area contributed by atoms with Crippen LogP contribution in [0.2, 0.25) is 18.6 Å². The van der Waals surface area contributed by atoms with Gasteiger partial charge in [0.25, 0.3) is 0 Å². The summed E-state index contributed by atoms with van der Waals surface area (Å²) >= 11 is 0. The maximum Gasteiger partial charge on any atom is 0.227 e. The van der Waals surface area contributed by atoms with Crippen LogP contribution < -0.4 is 10.5 Å². The molecule has 7 rings (SSSR count). The molecule has 3 aliphatic rings. The van der Waals surface area contributed by atoms with Crippen molar-refractivity contribution in [3.63, 3.8) is 0 Å². The molecule has 7 nitrogen and oxygen atoms in total. The molecule has 1 amide bonds. The first-order valence-electron chi connectivity index (χ1n) is 16.0. The highest BCUT2D eigenvalue weighted by atomic mass is 28.3. The van der Waals surface area contributed by atoms with E-state index in [1.807, 2.05) is 86.6 Å². The maximum atomic E-state index is 13.1. The Bertz CT molecular complexity index is 1540. The van der Waals surface area contributed by atoms with Crippen LogP contribution in [0.3, 0.4) is 0 Å². The summed E-state index contributed by atoms with van der Waals surface area (Å²) in [5.74, 6) is -0.806. The Hall–Kier alpha value is -3.63. The van der Waals surface area contributed by atoms with E-state index < -0.39 is 50.3 Å². The summed E-state index contributed by atoms with van der Waals surface area (Å²) in [6.07, 6.45) is -2.65. The fraction of sp³-hybridized carbons (Fsp3) is 0.342. The van der Waals surface area contributed by atoms with E-state index >= 15 is 0 Å². The third kappa shape index (κ3) is 5.53. The zero-order valence-corrected chi connectivity index (χ0v) is 27.7. The van der Waals surface area contributed by atoms with Crippen LogP contribution in [-0.2, 0) is 34.1 Å². The highest BCUT2D eigenvalue weighted by Crippen LogP contribution is 2.45. The molecule has 4 aromatic carbocycles. The van der Waals surface area contributed by atoms with E-state index in [1.165, 1.54) is 5.19 Å². The first-order valence-corrected chi connectivity index (χ1v) is 19.1. The molecule has 1 N–H and O–H groups in total. The minimum absolute atomic E-state index is 0.0222. The minimum Gasteiger partial charge on any atom is -0.358 e. The van der Waals surface area contributed by atoms with Crippen molar-refractivity contribution in [1.82, 2.24) is 5.32 Å². The summed E-state index contributed by atoms with van der Waals surface area (Å²) in [6.45, 7) is 8.39. The topological polar surface area (TPSA) is 75.3 Å². The average Bonchev–Trinajstić information content (AvgIpc) is 3.53. The molecule has 0 aliphatic carbocycles. The van der Waals surface area contributed by atoms with Gasteiger partial charge < -0.3 is 29.0 Å². The van der Waals surface area contributed by atoms with Gasteiger partial charge in [-0.05, 0) is 30.5 Å². The van der Waals surface area contributed by atoms with Crippen LogP contribution in [-0.4, -0.2) is 57.2 Å². The fourth-order valence-corrected chi connectivity index (χ4v) is 10.3. The number of β-lactam (4-membered cyclic amide) rings is 1. The van der Waals surface area contributed by atoms with E-state index in [0.29, 0.717) is 0 Å². The second kappa shape index (κ2) is 12.2. The first kappa shape index (κ1) is 31.0. The van der Waals surface area contributed by atoms with E-state index in [9.17, 15) is 4.79 Å². The molecule has 3 heterocycles. The van der Waals surface area contributed by atoms with Gasteiger partial charge in [0.05, 0.1) is 20.2 Å². The standard InChI is InChI=1S/C38H41NO6Si/c1-37(2)44-32-31(43-35-33(34(40)39-35)46(3,4)29-23-15-8-16-24-29)30(42-36(32)45-37)25-41-38(26-17-9-5-10-18-26,27-19-11-6-12-20-27)28-21-13-7-14-22-28/h5-24,30-33,35-36H,25H2,1-4H3,(H,39,40)/t30-,31+,32-,33-,35-,36-/m1/s1. The quantitative estimate of drug-likeness (QED) is 0.137. The van der Waals surface area contributed by atoms with Crippen LogP contribution in [0.15, 0.2) is 121 Å². The van der Waals surface area contributed by atoms with Crippen LogP contribution in [0.4, 0.5) is 0 Å². The molecule has 0 saturated carbocycles. The van der Waals surface area contributed by atoms with Gasteiger partial charge in [-0.3, -0.25) is 4.79 Å². The molecular formula is C38H41NO6Si. The number of carbonyl (C=O) groups excluding carboxylic acids is 1. The van der Waals surface area contributed by atoms with E-state index in [4.69, 9.17) is 23.7 Å². The summed E-state index contributed by atoms with van der Waals surface area (Å²) in [5.41, 5.74) is 1.81. The molecule has 8 heteroatoms. The molecule has 3 fully saturated rings. The van der Waals surface area contributed by atoms with Crippen LogP contribution in [0.5, 0.6) is 0 Å². The Labute approximate surface area is 271 Å². The van der Waals surface area contributed by atoms with Crippen molar-refractivity contribution >= 4 is 19.2 Å². The van der Waals surface area contributed by atoms with Gasteiger partial charge in [0.2, 0.25) is 5.91 Å². The number of rotatable bonds is 10. The van der Waals surface area contributed by atoms with E-state index in [2.05, 4.69) is 66.9 Å². The lowest BCUT2D eigenvalue weighted by Gasteiger charge is -2.46. The van der Waals surface area contributed by atoms with Crippen LogP contribution in [0, 0.1) is 0 Å². The number of nitrogens with one attached hydrogen (secondary N) is 1. The Balaban J connectivity index is 1.22. The zero-order valence-electron chi connectivity index (χ0n) is 26.7. The fourth-order valence-electron chi connectivity index (χ4n) is 7.21. The SMILES string of the molecule is CC1(C)O[C@H]2O[C@H](COC(c3ccccc3)(c3ccccc3)c3ccccc3)[C@H](O[C@H]3NC(=O)[C@H]3[Si](C)(C)c3ccccc3)[C@H]2O1. The predicted octanol–water partition coefficient (Wildman–Crippen LogP) is 5.70. The van der Waals surface area contributed by atoms with Gasteiger partial charge in [-0.15, -0.1) is 0 Å². The molecule has 238 valence electrons. The Morgan fingerprint density at radius 2 is 1.26 bits per heavy atom. The molecule has 3 aliphatic heterocycles. The van der Waals surface area contributed by atoms with Crippen molar-refractivity contribution in [3.05, 3.63) is 138 Å². The number of amides is 1. The van der Waals surface area contributed by atoms with Gasteiger partial charge in [0.1, 0.15) is 30.1 Å².